The van der Waals surface area contributed by atoms with Gasteiger partial charge in [-0.25, -0.2) is 9.59 Å². The first kappa shape index (κ1) is 22.4. The summed E-state index contributed by atoms with van der Waals surface area (Å²) in [7, 11) is 4.27. The number of hydrogen-bond donors (Lipinski definition) is 3. The summed E-state index contributed by atoms with van der Waals surface area (Å²) in [5.74, 6) is -2.72. The van der Waals surface area contributed by atoms with Crippen LogP contribution in [0.1, 0.15) is 44.9 Å². The highest BCUT2D eigenvalue weighted by Crippen LogP contribution is 2.22. The Labute approximate surface area is 155 Å². The van der Waals surface area contributed by atoms with Crippen molar-refractivity contribution in [3.63, 3.8) is 0 Å². The summed E-state index contributed by atoms with van der Waals surface area (Å²) in [6.07, 6.45) is 9.03. The van der Waals surface area contributed by atoms with Crippen molar-refractivity contribution in [1.29, 1.82) is 0 Å². The Kier molecular flexibility index (Phi) is 10.2. The van der Waals surface area contributed by atoms with Crippen molar-refractivity contribution >= 4 is 17.8 Å². The van der Waals surface area contributed by atoms with Gasteiger partial charge in [0, 0.05) is 12.6 Å². The summed E-state index contributed by atoms with van der Waals surface area (Å²) in [6.45, 7) is 3.75. The second kappa shape index (κ2) is 11.9. The molecule has 0 unspecified atom stereocenters. The molecule has 0 radical (unpaired) electrons. The summed E-state index contributed by atoms with van der Waals surface area (Å²) < 4.78 is 0. The highest BCUT2D eigenvalue weighted by molar-refractivity contribution is 6.27. The van der Waals surface area contributed by atoms with Gasteiger partial charge < -0.3 is 20.4 Å². The molecule has 0 aromatic rings. The van der Waals surface area contributed by atoms with Crippen LogP contribution in [0.25, 0.3) is 0 Å². The summed E-state index contributed by atoms with van der Waals surface area (Å²) in [5.41, 5.74) is 0. The number of likely N-dealkylation sites (N-methyl/N-ethyl adjacent to an activating group) is 1. The van der Waals surface area contributed by atoms with Crippen LogP contribution in [-0.4, -0.2) is 84.2 Å². The number of rotatable bonds is 5. The zero-order valence-corrected chi connectivity index (χ0v) is 15.9. The Bertz CT molecular complexity index is 446. The molecule has 0 aromatic heterocycles. The SMILES string of the molecule is CN1CCC(N(C)CC(=O)NCC2CCCCC2)CC1.O=C(O)C(=O)O. The number of nitrogens with zero attached hydrogens (tertiary/aromatic N) is 2. The molecule has 2 rings (SSSR count). The minimum Gasteiger partial charge on any atom is -0.473 e. The lowest BCUT2D eigenvalue weighted by atomic mass is 9.89. The molecule has 0 spiro atoms. The fraction of sp³-hybridized carbons (Fsp3) is 0.833. The van der Waals surface area contributed by atoms with Crippen LogP contribution in [0.15, 0.2) is 0 Å². The predicted octanol–water partition coefficient (Wildman–Crippen LogP) is 0.865. The van der Waals surface area contributed by atoms with E-state index in [0.29, 0.717) is 12.6 Å². The molecule has 1 aliphatic carbocycles. The molecule has 1 saturated heterocycles. The van der Waals surface area contributed by atoms with Crippen LogP contribution in [0.3, 0.4) is 0 Å². The average molecular weight is 371 g/mol. The van der Waals surface area contributed by atoms with Crippen molar-refractivity contribution in [2.45, 2.75) is 51.0 Å². The van der Waals surface area contributed by atoms with E-state index in [-0.39, 0.29) is 5.91 Å². The number of piperidine rings is 1. The molecule has 8 heteroatoms. The van der Waals surface area contributed by atoms with Gasteiger partial charge in [-0.2, -0.15) is 0 Å². The van der Waals surface area contributed by atoms with Gasteiger partial charge in [0.2, 0.25) is 5.91 Å². The second-order valence-electron chi connectivity index (χ2n) is 7.37. The first-order chi connectivity index (χ1) is 12.3. The molecule has 2 fully saturated rings. The molecular formula is C18H33N3O5. The molecule has 1 heterocycles. The molecule has 8 nitrogen and oxygen atoms in total. The molecular weight excluding hydrogens is 338 g/mol. The first-order valence-corrected chi connectivity index (χ1v) is 9.41. The molecule has 3 N–H and O–H groups in total. The number of carboxylic acids is 2. The molecule has 0 aromatic carbocycles. The summed E-state index contributed by atoms with van der Waals surface area (Å²) in [6, 6.07) is 0.576. The maximum atomic E-state index is 12.0. The third-order valence-corrected chi connectivity index (χ3v) is 5.20. The maximum absolute atomic E-state index is 12.0. The lowest BCUT2D eigenvalue weighted by Gasteiger charge is -2.34. The van der Waals surface area contributed by atoms with E-state index in [1.807, 2.05) is 0 Å². The fourth-order valence-corrected chi connectivity index (χ4v) is 3.50. The van der Waals surface area contributed by atoms with Gasteiger partial charge in [0.05, 0.1) is 6.54 Å². The Morgan fingerprint density at radius 3 is 2.04 bits per heavy atom. The van der Waals surface area contributed by atoms with Crippen molar-refractivity contribution in [3.05, 3.63) is 0 Å². The predicted molar refractivity (Wildman–Crippen MR) is 98.0 cm³/mol. The van der Waals surface area contributed by atoms with Crippen molar-refractivity contribution in [3.8, 4) is 0 Å². The van der Waals surface area contributed by atoms with Gasteiger partial charge in [-0.05, 0) is 58.8 Å². The van der Waals surface area contributed by atoms with E-state index >= 15 is 0 Å². The third kappa shape index (κ3) is 9.15. The van der Waals surface area contributed by atoms with Crippen molar-refractivity contribution in [1.82, 2.24) is 15.1 Å². The van der Waals surface area contributed by atoms with Gasteiger partial charge in [-0.15, -0.1) is 0 Å². The average Bonchev–Trinajstić information content (AvgIpc) is 2.62. The number of likely N-dealkylation sites (tertiary alicyclic amines) is 1. The van der Waals surface area contributed by atoms with Gasteiger partial charge in [0.1, 0.15) is 0 Å². The largest absolute Gasteiger partial charge is 0.473 e. The van der Waals surface area contributed by atoms with Gasteiger partial charge >= 0.3 is 11.9 Å². The summed E-state index contributed by atoms with van der Waals surface area (Å²) >= 11 is 0. The number of carboxylic acid groups (broad SMARTS) is 2. The standard InChI is InChI=1S/C16H31N3O.C2H2O4/c1-18-10-8-15(9-11-18)19(2)13-16(20)17-12-14-6-4-3-5-7-14;3-1(4)2(5)6/h14-15H,3-13H2,1-2H3,(H,17,20);(H,3,4)(H,5,6). The van der Waals surface area contributed by atoms with Gasteiger partial charge in [-0.3, -0.25) is 9.69 Å². The lowest BCUT2D eigenvalue weighted by Crippen LogP contribution is -2.46. The molecule has 26 heavy (non-hydrogen) atoms. The summed E-state index contributed by atoms with van der Waals surface area (Å²) in [5, 5.41) is 17.9. The number of carbonyl (C=O) groups is 3. The highest BCUT2D eigenvalue weighted by atomic mass is 16.4. The number of hydrogen-bond acceptors (Lipinski definition) is 5. The molecule has 1 aliphatic heterocycles. The zero-order chi connectivity index (χ0) is 19.5. The first-order valence-electron chi connectivity index (χ1n) is 9.41. The number of amides is 1. The minimum atomic E-state index is -1.82. The fourth-order valence-electron chi connectivity index (χ4n) is 3.50. The van der Waals surface area contributed by atoms with Crippen LogP contribution in [0.2, 0.25) is 0 Å². The van der Waals surface area contributed by atoms with Crippen LogP contribution >= 0.6 is 0 Å². The van der Waals surface area contributed by atoms with Crippen LogP contribution in [0.4, 0.5) is 0 Å². The molecule has 0 atom stereocenters. The van der Waals surface area contributed by atoms with Crippen molar-refractivity contribution in [2.75, 3.05) is 40.3 Å². The monoisotopic (exact) mass is 371 g/mol. The van der Waals surface area contributed by atoms with Gasteiger partial charge in [-0.1, -0.05) is 19.3 Å². The van der Waals surface area contributed by atoms with Gasteiger partial charge in [0.25, 0.3) is 0 Å². The van der Waals surface area contributed by atoms with Crippen LogP contribution in [0, 0.1) is 5.92 Å². The Morgan fingerprint density at radius 2 is 1.54 bits per heavy atom. The van der Waals surface area contributed by atoms with Crippen molar-refractivity contribution < 1.29 is 24.6 Å². The van der Waals surface area contributed by atoms with E-state index in [4.69, 9.17) is 19.8 Å². The summed E-state index contributed by atoms with van der Waals surface area (Å²) in [4.78, 5) is 34.8. The van der Waals surface area contributed by atoms with Crippen LogP contribution < -0.4 is 5.32 Å². The smallest absolute Gasteiger partial charge is 0.414 e. The lowest BCUT2D eigenvalue weighted by molar-refractivity contribution is -0.159. The zero-order valence-electron chi connectivity index (χ0n) is 15.9. The Hall–Kier alpha value is -1.67. The minimum absolute atomic E-state index is 0.206. The van der Waals surface area contributed by atoms with Crippen molar-refractivity contribution in [2.24, 2.45) is 5.92 Å². The van der Waals surface area contributed by atoms with E-state index < -0.39 is 11.9 Å². The molecule has 150 valence electrons. The quantitative estimate of drug-likeness (QED) is 0.615. The number of aliphatic carboxylic acids is 2. The number of carbonyl (C=O) groups excluding carboxylic acids is 1. The highest BCUT2D eigenvalue weighted by Gasteiger charge is 2.22. The molecule has 1 saturated carbocycles. The topological polar surface area (TPSA) is 110 Å². The molecule has 1 amide bonds. The van der Waals surface area contributed by atoms with E-state index in [1.165, 1.54) is 44.9 Å². The van der Waals surface area contributed by atoms with Crippen LogP contribution in [-0.2, 0) is 14.4 Å². The molecule has 2 aliphatic rings. The second-order valence-corrected chi connectivity index (χ2v) is 7.37. The normalized spacial score (nSPS) is 19.5. The molecule has 0 bridgehead atoms. The van der Waals surface area contributed by atoms with E-state index in [1.54, 1.807) is 0 Å². The Balaban J connectivity index is 0.000000487. The van der Waals surface area contributed by atoms with Crippen LogP contribution in [0.5, 0.6) is 0 Å². The maximum Gasteiger partial charge on any atom is 0.414 e. The van der Waals surface area contributed by atoms with E-state index in [9.17, 15) is 4.79 Å². The number of nitrogens with one attached hydrogen (secondary N) is 1. The van der Waals surface area contributed by atoms with E-state index in [2.05, 4.69) is 29.2 Å². The van der Waals surface area contributed by atoms with E-state index in [0.717, 1.165) is 25.6 Å². The Morgan fingerprint density at radius 1 is 1.00 bits per heavy atom. The van der Waals surface area contributed by atoms with Gasteiger partial charge in [0.15, 0.2) is 0 Å². The third-order valence-electron chi connectivity index (χ3n) is 5.20.